The van der Waals surface area contributed by atoms with Crippen molar-refractivity contribution in [3.63, 3.8) is 0 Å². The number of aromatic amines is 2. The van der Waals surface area contributed by atoms with Crippen molar-refractivity contribution in [2.75, 3.05) is 0 Å². The number of halogens is 1. The summed E-state index contributed by atoms with van der Waals surface area (Å²) >= 11 is 3.57. The van der Waals surface area contributed by atoms with Gasteiger partial charge in [0.15, 0.2) is 0 Å². The maximum absolute atomic E-state index is 4.10. The first-order chi connectivity index (χ1) is 25.2. The van der Waals surface area contributed by atoms with Gasteiger partial charge in [0.1, 0.15) is 0 Å². The molecule has 0 saturated carbocycles. The molecule has 0 spiro atoms. The molecular weight excluding hydrogens is 700 g/mol. The third-order valence-electron chi connectivity index (χ3n) is 9.17. The fourth-order valence-corrected chi connectivity index (χ4v) is 7.32. The summed E-state index contributed by atoms with van der Waals surface area (Å²) in [6, 6.07) is 48.6. The first-order valence-corrected chi connectivity index (χ1v) is 17.3. The standard InChI is InChI=1S/C20H14BrN5.C20H15N5/c21-15-5-3-4-13(10-15)12-26-18-7-2-1-6-16(18)17-11-14(8-9-19(17)26)20-22-24-25-23-20;1-2-6-14(7-3-1)13-25-18-9-5-4-8-16(18)17-12-15(10-11-19(17)25)20-21-23-24-22-20/h1-11H,12H2,(H,22,23,24,25);1-12H,13H2,(H,21,22,23,24). The van der Waals surface area contributed by atoms with E-state index in [1.807, 2.05) is 24.3 Å². The summed E-state index contributed by atoms with van der Waals surface area (Å²) in [5.41, 5.74) is 9.30. The average molecular weight is 730 g/mol. The smallest absolute Gasteiger partial charge is 0.204 e. The van der Waals surface area contributed by atoms with Crippen LogP contribution in [0.4, 0.5) is 0 Å². The maximum Gasteiger partial charge on any atom is 0.204 e. The summed E-state index contributed by atoms with van der Waals surface area (Å²) in [6.45, 7) is 1.65. The van der Waals surface area contributed by atoms with Crippen LogP contribution >= 0.6 is 15.9 Å². The number of rotatable bonds is 6. The highest BCUT2D eigenvalue weighted by Gasteiger charge is 2.15. The van der Waals surface area contributed by atoms with Crippen LogP contribution in [0, 0.1) is 0 Å². The lowest BCUT2D eigenvalue weighted by atomic mass is 10.1. The van der Waals surface area contributed by atoms with Gasteiger partial charge in [-0.3, -0.25) is 0 Å². The molecule has 4 heterocycles. The predicted molar refractivity (Wildman–Crippen MR) is 204 cm³/mol. The van der Waals surface area contributed by atoms with E-state index >= 15 is 0 Å². The molecule has 51 heavy (non-hydrogen) atoms. The van der Waals surface area contributed by atoms with Crippen LogP contribution in [0.3, 0.4) is 0 Å². The summed E-state index contributed by atoms with van der Waals surface area (Å²) < 4.78 is 5.81. The van der Waals surface area contributed by atoms with Gasteiger partial charge in [0.25, 0.3) is 0 Å². The summed E-state index contributed by atoms with van der Waals surface area (Å²) in [6.07, 6.45) is 0. The number of aromatic nitrogens is 10. The van der Waals surface area contributed by atoms with E-state index in [9.17, 15) is 0 Å². The third kappa shape index (κ3) is 5.83. The van der Waals surface area contributed by atoms with Gasteiger partial charge >= 0.3 is 0 Å². The first kappa shape index (κ1) is 30.6. The summed E-state index contributed by atoms with van der Waals surface area (Å²) in [5.74, 6) is 1.22. The second-order valence-corrected chi connectivity index (χ2v) is 13.2. The Morgan fingerprint density at radius 2 is 0.941 bits per heavy atom. The van der Waals surface area contributed by atoms with Crippen molar-refractivity contribution in [2.24, 2.45) is 0 Å². The van der Waals surface area contributed by atoms with Crippen LogP contribution in [0.2, 0.25) is 0 Å². The van der Waals surface area contributed by atoms with E-state index < -0.39 is 0 Å². The number of tetrazole rings is 2. The van der Waals surface area contributed by atoms with Gasteiger partial charge in [-0.25, -0.2) is 0 Å². The Labute approximate surface area is 299 Å². The van der Waals surface area contributed by atoms with Crippen LogP contribution in [0.15, 0.2) is 144 Å². The minimum absolute atomic E-state index is 0.607. The average Bonchev–Trinajstić information content (AvgIpc) is 4.00. The number of hydrogen-bond acceptors (Lipinski definition) is 6. The molecule has 4 aromatic heterocycles. The van der Waals surface area contributed by atoms with Gasteiger partial charge in [-0.1, -0.05) is 94.8 Å². The molecule has 0 amide bonds. The zero-order valence-electron chi connectivity index (χ0n) is 27.1. The van der Waals surface area contributed by atoms with Gasteiger partial charge in [0.2, 0.25) is 11.6 Å². The largest absolute Gasteiger partial charge is 0.336 e. The molecule has 10 aromatic rings. The van der Waals surface area contributed by atoms with E-state index in [1.165, 1.54) is 54.7 Å². The Hall–Kier alpha value is -6.46. The van der Waals surface area contributed by atoms with Crippen LogP contribution in [0.25, 0.3) is 66.4 Å². The molecule has 0 atom stereocenters. The molecule has 0 unspecified atom stereocenters. The fourth-order valence-electron chi connectivity index (χ4n) is 6.88. The van der Waals surface area contributed by atoms with Crippen LogP contribution in [0.5, 0.6) is 0 Å². The molecule has 246 valence electrons. The van der Waals surface area contributed by atoms with Crippen molar-refractivity contribution in [1.82, 2.24) is 50.4 Å². The second kappa shape index (κ2) is 13.1. The van der Waals surface area contributed by atoms with Gasteiger partial charge in [0.05, 0.1) is 0 Å². The molecule has 0 aliphatic carbocycles. The van der Waals surface area contributed by atoms with E-state index in [4.69, 9.17) is 0 Å². The maximum atomic E-state index is 4.10. The quantitative estimate of drug-likeness (QED) is 0.177. The van der Waals surface area contributed by atoms with Gasteiger partial charge in [0, 0.05) is 72.3 Å². The number of nitrogens with one attached hydrogen (secondary N) is 2. The van der Waals surface area contributed by atoms with E-state index in [-0.39, 0.29) is 0 Å². The number of H-pyrrole nitrogens is 2. The zero-order valence-corrected chi connectivity index (χ0v) is 28.7. The third-order valence-corrected chi connectivity index (χ3v) is 9.66. The van der Waals surface area contributed by atoms with Crippen molar-refractivity contribution in [3.05, 3.63) is 155 Å². The molecule has 10 nitrogen and oxygen atoms in total. The molecule has 0 bridgehead atoms. The van der Waals surface area contributed by atoms with Crippen LogP contribution in [-0.2, 0) is 13.1 Å². The molecule has 0 radical (unpaired) electrons. The summed E-state index contributed by atoms with van der Waals surface area (Å²) in [5, 5.41) is 33.6. The van der Waals surface area contributed by atoms with Crippen molar-refractivity contribution < 1.29 is 0 Å². The lowest BCUT2D eigenvalue weighted by molar-refractivity contribution is 0.868. The number of fused-ring (bicyclic) bond motifs is 6. The van der Waals surface area contributed by atoms with E-state index in [2.05, 4.69) is 182 Å². The van der Waals surface area contributed by atoms with E-state index in [0.29, 0.717) is 11.6 Å². The predicted octanol–water partition coefficient (Wildman–Crippen LogP) is 8.81. The highest BCUT2D eigenvalue weighted by Crippen LogP contribution is 2.34. The molecule has 2 N–H and O–H groups in total. The van der Waals surface area contributed by atoms with Gasteiger partial charge < -0.3 is 9.13 Å². The normalized spacial score (nSPS) is 11.4. The molecule has 11 heteroatoms. The molecular formula is C40H29BrN10. The second-order valence-electron chi connectivity index (χ2n) is 12.3. The highest BCUT2D eigenvalue weighted by atomic mass is 79.9. The molecule has 0 aliphatic rings. The molecule has 0 fully saturated rings. The van der Waals surface area contributed by atoms with Crippen LogP contribution in [0.1, 0.15) is 11.1 Å². The van der Waals surface area contributed by atoms with Crippen molar-refractivity contribution in [1.29, 1.82) is 0 Å². The highest BCUT2D eigenvalue weighted by molar-refractivity contribution is 9.10. The Bertz CT molecular complexity index is 2770. The Balaban J connectivity index is 0.000000137. The Kier molecular flexibility index (Phi) is 7.86. The van der Waals surface area contributed by atoms with Gasteiger partial charge in [-0.2, -0.15) is 10.4 Å². The minimum atomic E-state index is 0.607. The monoisotopic (exact) mass is 728 g/mol. The zero-order chi connectivity index (χ0) is 34.1. The van der Waals surface area contributed by atoms with E-state index in [1.54, 1.807) is 0 Å². The van der Waals surface area contributed by atoms with Crippen LogP contribution in [-0.4, -0.2) is 50.4 Å². The van der Waals surface area contributed by atoms with Crippen molar-refractivity contribution in [3.8, 4) is 22.8 Å². The van der Waals surface area contributed by atoms with Crippen LogP contribution < -0.4 is 0 Å². The molecule has 6 aromatic carbocycles. The molecule has 10 rings (SSSR count). The van der Waals surface area contributed by atoms with Gasteiger partial charge in [-0.05, 0) is 82.2 Å². The first-order valence-electron chi connectivity index (χ1n) is 16.5. The lowest BCUT2D eigenvalue weighted by Gasteiger charge is -2.08. The lowest BCUT2D eigenvalue weighted by Crippen LogP contribution is -1.99. The number of benzene rings is 6. The molecule has 0 aliphatic heterocycles. The summed E-state index contributed by atoms with van der Waals surface area (Å²) in [4.78, 5) is 0. The Morgan fingerprint density at radius 3 is 1.47 bits per heavy atom. The molecule has 0 saturated heterocycles. The minimum Gasteiger partial charge on any atom is -0.336 e. The van der Waals surface area contributed by atoms with E-state index in [0.717, 1.165) is 28.7 Å². The SMILES string of the molecule is Brc1cccc(Cn2c3ccccc3c3cc(-c4nn[nH]n4)ccc32)c1.c1ccc(Cn2c3ccccc3c3cc(-c4nn[nH]n4)ccc32)cc1. The Morgan fingerprint density at radius 1 is 0.451 bits per heavy atom. The van der Waals surface area contributed by atoms with Gasteiger partial charge in [-0.15, -0.1) is 20.4 Å². The summed E-state index contributed by atoms with van der Waals surface area (Å²) in [7, 11) is 0. The number of para-hydroxylation sites is 2. The van der Waals surface area contributed by atoms with Crippen molar-refractivity contribution >= 4 is 59.5 Å². The number of hydrogen-bond donors (Lipinski definition) is 2. The number of nitrogens with zero attached hydrogens (tertiary/aromatic N) is 8. The topological polar surface area (TPSA) is 119 Å². The fraction of sp³-hybridized carbons (Fsp3) is 0.0500. The van der Waals surface area contributed by atoms with Crippen molar-refractivity contribution in [2.45, 2.75) is 13.1 Å².